The van der Waals surface area contributed by atoms with Gasteiger partial charge in [0, 0.05) is 68.2 Å². The van der Waals surface area contributed by atoms with Crippen molar-refractivity contribution in [1.82, 2.24) is 19.7 Å². The second kappa shape index (κ2) is 9.66. The Balaban J connectivity index is 1.34. The van der Waals surface area contributed by atoms with Crippen molar-refractivity contribution in [2.75, 3.05) is 29.9 Å². The molecule has 8 nitrogen and oxygen atoms in total. The lowest BCUT2D eigenvalue weighted by molar-refractivity contribution is -0.111. The van der Waals surface area contributed by atoms with Gasteiger partial charge in [0.25, 0.3) is 0 Å². The average molecular weight is 454 g/mol. The van der Waals surface area contributed by atoms with Crippen molar-refractivity contribution in [2.24, 2.45) is 7.05 Å². The molecular formula is C23H27N5O3S. The molecule has 3 N–H and O–H groups in total. The van der Waals surface area contributed by atoms with E-state index in [0.29, 0.717) is 24.6 Å². The van der Waals surface area contributed by atoms with E-state index in [-0.39, 0.29) is 5.91 Å². The van der Waals surface area contributed by atoms with E-state index in [1.54, 1.807) is 29.3 Å². The number of aryl methyl sites for hydroxylation is 1. The number of rotatable bonds is 6. The van der Waals surface area contributed by atoms with Crippen molar-refractivity contribution in [2.45, 2.75) is 6.54 Å². The smallest absolute Gasteiger partial charge is 0.248 e. The molecule has 1 aliphatic heterocycles. The number of hydrogen-bond acceptors (Lipinski definition) is 6. The van der Waals surface area contributed by atoms with Gasteiger partial charge < -0.3 is 5.32 Å². The van der Waals surface area contributed by atoms with Gasteiger partial charge in [-0.05, 0) is 35.4 Å². The second-order valence-electron chi connectivity index (χ2n) is 7.87. The number of aromatic nitrogens is 3. The quantitative estimate of drug-likeness (QED) is 0.492. The van der Waals surface area contributed by atoms with Gasteiger partial charge in [0.05, 0.1) is 17.7 Å². The third-order valence-electron chi connectivity index (χ3n) is 5.38. The summed E-state index contributed by atoms with van der Waals surface area (Å²) in [4.78, 5) is 18.8. The summed E-state index contributed by atoms with van der Waals surface area (Å²) in [6, 6.07) is 9.62. The van der Waals surface area contributed by atoms with E-state index in [1.165, 1.54) is 6.08 Å². The third-order valence-corrected chi connectivity index (χ3v) is 7.05. The molecule has 1 aromatic carbocycles. The van der Waals surface area contributed by atoms with Gasteiger partial charge in [-0.3, -0.25) is 28.5 Å². The molecule has 0 saturated carbocycles. The summed E-state index contributed by atoms with van der Waals surface area (Å²) < 4.78 is 21.2. The molecule has 1 amide bonds. The molecule has 2 aromatic heterocycles. The number of anilines is 1. The number of pyridine rings is 1. The van der Waals surface area contributed by atoms with Gasteiger partial charge in [0.15, 0.2) is 0 Å². The first-order chi connectivity index (χ1) is 15.4. The highest BCUT2D eigenvalue weighted by Gasteiger charge is 2.21. The lowest BCUT2D eigenvalue weighted by Gasteiger charge is -2.41. The zero-order valence-corrected chi connectivity index (χ0v) is 18.7. The fourth-order valence-electron chi connectivity index (χ4n) is 3.59. The normalized spacial score (nSPS) is 17.3. The van der Waals surface area contributed by atoms with E-state index in [2.05, 4.69) is 20.3 Å². The van der Waals surface area contributed by atoms with Crippen molar-refractivity contribution in [3.8, 4) is 11.1 Å². The molecule has 4 rings (SSSR count). The highest BCUT2D eigenvalue weighted by Crippen LogP contribution is 2.40. The summed E-state index contributed by atoms with van der Waals surface area (Å²) in [5, 5.41) is 7.08. The Bertz CT molecular complexity index is 1100. The topological polar surface area (TPSA) is 104 Å². The molecule has 1 fully saturated rings. The molecule has 0 aliphatic carbocycles. The number of carbonyl (C=O) groups is 1. The third kappa shape index (κ3) is 5.83. The van der Waals surface area contributed by atoms with E-state index >= 15 is 0 Å². The van der Waals surface area contributed by atoms with Crippen molar-refractivity contribution in [3.05, 3.63) is 72.3 Å². The van der Waals surface area contributed by atoms with Crippen LogP contribution in [0.5, 0.6) is 0 Å². The highest BCUT2D eigenvalue weighted by atomic mass is 32.3. The molecule has 3 aromatic rings. The van der Waals surface area contributed by atoms with Crippen molar-refractivity contribution >= 4 is 28.3 Å². The molecular weight excluding hydrogens is 426 g/mol. The Morgan fingerprint density at radius 1 is 1.16 bits per heavy atom. The first-order valence-electron chi connectivity index (χ1n) is 10.3. The summed E-state index contributed by atoms with van der Waals surface area (Å²) in [5.74, 6) is 0.653. The molecule has 1 saturated heterocycles. The maximum Gasteiger partial charge on any atom is 0.248 e. The van der Waals surface area contributed by atoms with E-state index in [0.717, 1.165) is 34.5 Å². The van der Waals surface area contributed by atoms with Crippen molar-refractivity contribution in [3.63, 3.8) is 0 Å². The van der Waals surface area contributed by atoms with Gasteiger partial charge in [-0.25, -0.2) is 0 Å². The number of nitrogens with one attached hydrogen (secondary N) is 1. The lowest BCUT2D eigenvalue weighted by Crippen LogP contribution is -2.37. The Hall–Kier alpha value is -2.98. The van der Waals surface area contributed by atoms with Crippen LogP contribution in [0.3, 0.4) is 0 Å². The predicted molar refractivity (Wildman–Crippen MR) is 128 cm³/mol. The standard InChI is InChI=1S/C23H27N5O3S/c1-27-17-20(15-25-27)22-8-9-24-14-19(22)4-7-23(29)26-21-5-2-18(3-6-21)16-28-10-12-32(30,31)13-11-28/h2-9,14-15,17,30-31H,10-13,16H2,1H3,(H,26,29)/b7-4+. The van der Waals surface area contributed by atoms with Crippen LogP contribution < -0.4 is 5.32 Å². The number of nitrogens with zero attached hydrogens (tertiary/aromatic N) is 4. The van der Waals surface area contributed by atoms with Gasteiger partial charge in [0.2, 0.25) is 5.91 Å². The minimum absolute atomic E-state index is 0.222. The number of carbonyl (C=O) groups excluding carboxylic acids is 1. The first-order valence-corrected chi connectivity index (χ1v) is 12.2. The summed E-state index contributed by atoms with van der Waals surface area (Å²) in [6.45, 7) is 2.11. The van der Waals surface area contributed by atoms with Gasteiger partial charge in [-0.2, -0.15) is 15.7 Å². The fourth-order valence-corrected chi connectivity index (χ4v) is 4.89. The van der Waals surface area contributed by atoms with Crippen LogP contribution in [0.25, 0.3) is 17.2 Å². The Morgan fingerprint density at radius 2 is 1.91 bits per heavy atom. The van der Waals surface area contributed by atoms with Crippen LogP contribution in [-0.2, 0) is 18.4 Å². The molecule has 0 atom stereocenters. The van der Waals surface area contributed by atoms with E-state index < -0.39 is 10.6 Å². The monoisotopic (exact) mass is 453 g/mol. The molecule has 168 valence electrons. The van der Waals surface area contributed by atoms with Crippen molar-refractivity contribution in [1.29, 1.82) is 0 Å². The van der Waals surface area contributed by atoms with Crippen LogP contribution in [0, 0.1) is 0 Å². The van der Waals surface area contributed by atoms with Crippen LogP contribution in [-0.4, -0.2) is 59.3 Å². The average Bonchev–Trinajstić information content (AvgIpc) is 3.21. The second-order valence-corrected chi connectivity index (χ2v) is 10.3. The first kappa shape index (κ1) is 22.2. The lowest BCUT2D eigenvalue weighted by atomic mass is 10.0. The zero-order valence-electron chi connectivity index (χ0n) is 17.9. The Morgan fingerprint density at radius 3 is 2.59 bits per heavy atom. The molecule has 0 unspecified atom stereocenters. The van der Waals surface area contributed by atoms with Crippen LogP contribution >= 0.6 is 10.6 Å². The molecule has 1 aliphatic rings. The van der Waals surface area contributed by atoms with Crippen LogP contribution in [0.1, 0.15) is 11.1 Å². The van der Waals surface area contributed by atoms with E-state index in [1.807, 2.05) is 43.6 Å². The van der Waals surface area contributed by atoms with Gasteiger partial charge in [-0.1, -0.05) is 12.1 Å². The van der Waals surface area contributed by atoms with E-state index in [9.17, 15) is 13.9 Å². The number of benzene rings is 1. The van der Waals surface area contributed by atoms with Crippen molar-refractivity contribution < 1.29 is 13.9 Å². The summed E-state index contributed by atoms with van der Waals surface area (Å²) in [6.07, 6.45) is 10.4. The minimum Gasteiger partial charge on any atom is -0.323 e. The molecule has 3 heterocycles. The van der Waals surface area contributed by atoms with Gasteiger partial charge in [-0.15, -0.1) is 0 Å². The fraction of sp³-hybridized carbons (Fsp3) is 0.261. The van der Waals surface area contributed by atoms with Crippen LogP contribution in [0.2, 0.25) is 0 Å². The predicted octanol–water partition coefficient (Wildman–Crippen LogP) is 3.70. The largest absolute Gasteiger partial charge is 0.323 e. The maximum absolute atomic E-state index is 12.4. The van der Waals surface area contributed by atoms with E-state index in [4.69, 9.17) is 0 Å². The van der Waals surface area contributed by atoms with Gasteiger partial charge in [0.1, 0.15) is 0 Å². The number of amides is 1. The molecule has 9 heteroatoms. The zero-order chi connectivity index (χ0) is 22.6. The van der Waals surface area contributed by atoms with Gasteiger partial charge >= 0.3 is 0 Å². The Labute approximate surface area is 188 Å². The summed E-state index contributed by atoms with van der Waals surface area (Å²) in [7, 11) is -0.513. The highest BCUT2D eigenvalue weighted by molar-refractivity contribution is 8.24. The summed E-state index contributed by atoms with van der Waals surface area (Å²) >= 11 is 0. The SMILES string of the molecule is Cn1cc(-c2ccncc2/C=C/C(=O)Nc2ccc(CN3CCS(O)(O)CC3)cc2)cn1. The minimum atomic E-state index is -2.38. The molecule has 0 bridgehead atoms. The molecule has 0 radical (unpaired) electrons. The number of hydrogen-bond donors (Lipinski definition) is 3. The molecule has 0 spiro atoms. The summed E-state index contributed by atoms with van der Waals surface area (Å²) in [5.41, 5.74) is 4.59. The Kier molecular flexibility index (Phi) is 6.71. The maximum atomic E-state index is 12.4. The molecule has 32 heavy (non-hydrogen) atoms. The van der Waals surface area contributed by atoms with Crippen LogP contribution in [0.15, 0.2) is 61.2 Å². The van der Waals surface area contributed by atoms with Crippen LogP contribution in [0.4, 0.5) is 5.69 Å².